The maximum atomic E-state index is 13.5. The number of carbonyl (C=O) groups excluding carboxylic acids is 2. The van der Waals surface area contributed by atoms with Gasteiger partial charge in [-0.1, -0.05) is 6.07 Å². The highest BCUT2D eigenvalue weighted by Crippen LogP contribution is 2.27. The van der Waals surface area contributed by atoms with E-state index in [0.717, 1.165) is 0 Å². The van der Waals surface area contributed by atoms with Gasteiger partial charge in [-0.3, -0.25) is 14.2 Å². The van der Waals surface area contributed by atoms with Crippen LogP contribution in [0.5, 0.6) is 0 Å². The fraction of sp³-hybridized carbons (Fsp3) is 0.276. The van der Waals surface area contributed by atoms with Crippen molar-refractivity contribution < 1.29 is 27.1 Å². The quantitative estimate of drug-likeness (QED) is 0.326. The summed E-state index contributed by atoms with van der Waals surface area (Å²) in [6.07, 6.45) is 0.788. The zero-order valence-corrected chi connectivity index (χ0v) is 22.9. The van der Waals surface area contributed by atoms with Crippen molar-refractivity contribution in [3.8, 4) is 5.69 Å². The minimum absolute atomic E-state index is 0.0559. The van der Waals surface area contributed by atoms with Crippen molar-refractivity contribution >= 4 is 38.6 Å². The smallest absolute Gasteiger partial charge is 0.309 e. The average Bonchev–Trinajstić information content (AvgIpc) is 3.28. The van der Waals surface area contributed by atoms with Crippen molar-refractivity contribution in [2.75, 3.05) is 25.0 Å². The molecular weight excluding hydrogens is 535 g/mol. The zero-order valence-electron chi connectivity index (χ0n) is 22.1. The Kier molecular flexibility index (Phi) is 7.68. The average molecular weight is 565 g/mol. The van der Waals surface area contributed by atoms with Crippen LogP contribution in [-0.2, 0) is 19.6 Å². The Bertz CT molecular complexity index is 1680. The highest BCUT2D eigenvalue weighted by Gasteiger charge is 2.32. The number of aromatic nitrogens is 2. The summed E-state index contributed by atoms with van der Waals surface area (Å²) in [5.41, 5.74) is 2.75. The summed E-state index contributed by atoms with van der Waals surface area (Å²) < 4.78 is 48.3. The summed E-state index contributed by atoms with van der Waals surface area (Å²) in [6, 6.07) is 17.2. The van der Waals surface area contributed by atoms with Gasteiger partial charge in [-0.15, -0.1) is 0 Å². The molecular formula is C29H29FN4O5S. The molecule has 0 aliphatic carbocycles. The molecule has 0 bridgehead atoms. The lowest BCUT2D eigenvalue weighted by Gasteiger charge is -2.30. The number of imidazole rings is 1. The molecule has 40 heavy (non-hydrogen) atoms. The number of esters is 1. The number of nitrogens with zero attached hydrogens (tertiary/aromatic N) is 3. The molecule has 0 unspecified atom stereocenters. The fourth-order valence-electron chi connectivity index (χ4n) is 4.93. The van der Waals surface area contributed by atoms with Crippen LogP contribution in [0.3, 0.4) is 0 Å². The highest BCUT2D eigenvalue weighted by molar-refractivity contribution is 7.89. The van der Waals surface area contributed by atoms with Crippen molar-refractivity contribution in [2.24, 2.45) is 5.92 Å². The van der Waals surface area contributed by atoms with Crippen molar-refractivity contribution in [3.05, 3.63) is 83.9 Å². The van der Waals surface area contributed by atoms with E-state index in [1.165, 1.54) is 28.6 Å². The number of fused-ring (bicyclic) bond motifs is 1. The van der Waals surface area contributed by atoms with Crippen molar-refractivity contribution in [2.45, 2.75) is 31.6 Å². The van der Waals surface area contributed by atoms with Gasteiger partial charge in [0, 0.05) is 30.0 Å². The third-order valence-electron chi connectivity index (χ3n) is 6.97. The molecule has 1 aliphatic heterocycles. The van der Waals surface area contributed by atoms with Crippen LogP contribution in [0.15, 0.2) is 71.6 Å². The van der Waals surface area contributed by atoms with Crippen molar-refractivity contribution in [1.82, 2.24) is 13.9 Å². The molecule has 1 aromatic heterocycles. The number of carbonyl (C=O) groups is 2. The molecule has 1 fully saturated rings. The third-order valence-corrected chi connectivity index (χ3v) is 8.87. The van der Waals surface area contributed by atoms with Gasteiger partial charge in [-0.05, 0) is 87.4 Å². The van der Waals surface area contributed by atoms with E-state index in [-0.39, 0.29) is 35.7 Å². The van der Waals surface area contributed by atoms with Gasteiger partial charge in [0.05, 0.1) is 28.5 Å². The van der Waals surface area contributed by atoms with Gasteiger partial charge in [0.15, 0.2) is 0 Å². The maximum absolute atomic E-state index is 13.5. The lowest BCUT2D eigenvalue weighted by Crippen LogP contribution is -2.40. The Morgan fingerprint density at radius 1 is 1.05 bits per heavy atom. The summed E-state index contributed by atoms with van der Waals surface area (Å²) >= 11 is 0. The highest BCUT2D eigenvalue weighted by atomic mass is 32.2. The number of piperidine rings is 1. The van der Waals surface area contributed by atoms with Crippen LogP contribution in [0.25, 0.3) is 16.7 Å². The minimum Gasteiger partial charge on any atom is -0.466 e. The summed E-state index contributed by atoms with van der Waals surface area (Å²) in [7, 11) is -3.82. The van der Waals surface area contributed by atoms with Gasteiger partial charge in [-0.2, -0.15) is 4.31 Å². The van der Waals surface area contributed by atoms with Gasteiger partial charge in [0.1, 0.15) is 11.6 Å². The first-order chi connectivity index (χ1) is 19.2. The number of halogens is 1. The second kappa shape index (κ2) is 11.2. The Hall–Kier alpha value is -4.09. The fourth-order valence-corrected chi connectivity index (χ4v) is 6.45. The summed E-state index contributed by atoms with van der Waals surface area (Å²) in [5.74, 6) is -0.688. The number of sulfonamides is 1. The third kappa shape index (κ3) is 5.47. The Morgan fingerprint density at radius 3 is 2.48 bits per heavy atom. The van der Waals surface area contributed by atoms with E-state index in [4.69, 9.17) is 4.74 Å². The molecule has 5 rings (SSSR count). The van der Waals surface area contributed by atoms with Crippen LogP contribution in [0.2, 0.25) is 0 Å². The number of hydrogen-bond acceptors (Lipinski definition) is 6. The molecule has 4 aromatic rings. The lowest BCUT2D eigenvalue weighted by molar-refractivity contribution is -0.149. The van der Waals surface area contributed by atoms with Gasteiger partial charge in [0.25, 0.3) is 5.91 Å². The second-order valence-electron chi connectivity index (χ2n) is 9.59. The van der Waals surface area contributed by atoms with E-state index >= 15 is 0 Å². The molecule has 1 aliphatic rings. The number of nitrogens with one attached hydrogen (secondary N) is 1. The van der Waals surface area contributed by atoms with Gasteiger partial charge in [-0.25, -0.2) is 17.8 Å². The molecule has 3 aromatic carbocycles. The van der Waals surface area contributed by atoms with E-state index in [1.54, 1.807) is 49.4 Å². The number of hydrogen-bond donors (Lipinski definition) is 1. The van der Waals surface area contributed by atoms with E-state index < -0.39 is 15.9 Å². The SMILES string of the molecule is CCOC(=O)C1CCN(S(=O)(=O)c2cccc(NC(=O)c3ccc4nc(C)n(-c5ccc(F)cc5)c4c3)c2)CC1. The van der Waals surface area contributed by atoms with Crippen molar-refractivity contribution in [1.29, 1.82) is 0 Å². The molecule has 0 atom stereocenters. The molecule has 11 heteroatoms. The van der Waals surface area contributed by atoms with E-state index in [0.29, 0.717) is 53.2 Å². The van der Waals surface area contributed by atoms with Crippen LogP contribution in [0.4, 0.5) is 10.1 Å². The number of anilines is 1. The molecule has 0 radical (unpaired) electrons. The molecule has 208 valence electrons. The Balaban J connectivity index is 1.34. The standard InChI is InChI=1S/C29H29FN4O5S/c1-3-39-29(36)20-13-15-33(16-14-20)40(37,38)25-6-4-5-23(18-25)32-28(35)21-7-12-26-27(17-21)34(19(2)31-26)24-10-8-22(30)9-11-24/h4-12,17-18,20H,3,13-16H2,1-2H3,(H,32,35). The molecule has 0 saturated carbocycles. The number of rotatable bonds is 7. The van der Waals surface area contributed by atoms with E-state index in [2.05, 4.69) is 10.3 Å². The predicted molar refractivity (Wildman–Crippen MR) is 148 cm³/mol. The number of amides is 1. The maximum Gasteiger partial charge on any atom is 0.309 e. The summed E-state index contributed by atoms with van der Waals surface area (Å²) in [6.45, 7) is 4.29. The lowest BCUT2D eigenvalue weighted by atomic mass is 9.98. The van der Waals surface area contributed by atoms with Crippen LogP contribution in [0.1, 0.15) is 35.9 Å². The Morgan fingerprint density at radius 2 is 1.77 bits per heavy atom. The van der Waals surface area contributed by atoms with Crippen LogP contribution in [-0.4, -0.2) is 53.8 Å². The number of ether oxygens (including phenoxy) is 1. The first kappa shape index (κ1) is 27.5. The number of aryl methyl sites for hydroxylation is 1. The zero-order chi connectivity index (χ0) is 28.4. The first-order valence-corrected chi connectivity index (χ1v) is 14.4. The minimum atomic E-state index is -3.82. The molecule has 1 N–H and O–H groups in total. The largest absolute Gasteiger partial charge is 0.466 e. The van der Waals surface area contributed by atoms with Gasteiger partial charge in [0.2, 0.25) is 10.0 Å². The monoisotopic (exact) mass is 564 g/mol. The van der Waals surface area contributed by atoms with Crippen molar-refractivity contribution in [3.63, 3.8) is 0 Å². The number of benzene rings is 3. The van der Waals surface area contributed by atoms with Gasteiger partial charge >= 0.3 is 5.97 Å². The second-order valence-corrected chi connectivity index (χ2v) is 11.5. The van der Waals surface area contributed by atoms with E-state index in [9.17, 15) is 22.4 Å². The van der Waals surface area contributed by atoms with Crippen LogP contribution >= 0.6 is 0 Å². The molecule has 2 heterocycles. The molecule has 9 nitrogen and oxygen atoms in total. The normalized spacial score (nSPS) is 14.8. The van der Waals surface area contributed by atoms with Gasteiger partial charge < -0.3 is 10.1 Å². The van der Waals surface area contributed by atoms with E-state index in [1.807, 2.05) is 11.5 Å². The Labute approximate surface area is 231 Å². The molecule has 1 amide bonds. The summed E-state index contributed by atoms with van der Waals surface area (Å²) in [4.78, 5) is 29.8. The molecule has 0 spiro atoms. The summed E-state index contributed by atoms with van der Waals surface area (Å²) in [5, 5.41) is 2.79. The topological polar surface area (TPSA) is 111 Å². The van der Waals surface area contributed by atoms with Crippen LogP contribution in [0, 0.1) is 18.7 Å². The predicted octanol–water partition coefficient (Wildman–Crippen LogP) is 4.69. The van der Waals surface area contributed by atoms with Crippen LogP contribution < -0.4 is 5.32 Å². The first-order valence-electron chi connectivity index (χ1n) is 13.0. The molecule has 1 saturated heterocycles.